The van der Waals surface area contributed by atoms with Crippen LogP contribution in [0, 0.1) is 21.4 Å². The van der Waals surface area contributed by atoms with E-state index >= 15 is 0 Å². The van der Waals surface area contributed by atoms with Gasteiger partial charge in [-0.2, -0.15) is 5.26 Å². The summed E-state index contributed by atoms with van der Waals surface area (Å²) in [6.07, 6.45) is 3.27. The molecule has 2 aliphatic rings. The first kappa shape index (κ1) is 12.9. The van der Waals surface area contributed by atoms with E-state index < -0.39 is 4.92 Å². The van der Waals surface area contributed by atoms with Crippen LogP contribution in [0.4, 0.5) is 11.4 Å². The van der Waals surface area contributed by atoms with E-state index in [0.717, 1.165) is 31.4 Å². The molecule has 0 aliphatic carbocycles. The number of nitrogens with zero attached hydrogens (tertiary/aromatic N) is 3. The van der Waals surface area contributed by atoms with Crippen LogP contribution >= 0.6 is 0 Å². The molecule has 1 aromatic rings. The predicted molar refractivity (Wildman–Crippen MR) is 72.3 cm³/mol. The van der Waals surface area contributed by atoms with Gasteiger partial charge < -0.3 is 10.0 Å². The Balaban J connectivity index is 1.96. The van der Waals surface area contributed by atoms with E-state index in [0.29, 0.717) is 0 Å². The van der Waals surface area contributed by atoms with Crippen molar-refractivity contribution in [2.75, 3.05) is 4.90 Å². The van der Waals surface area contributed by atoms with Crippen LogP contribution in [0.1, 0.15) is 31.2 Å². The van der Waals surface area contributed by atoms with Gasteiger partial charge in [-0.05, 0) is 37.8 Å². The number of nitriles is 1. The molecule has 20 heavy (non-hydrogen) atoms. The Morgan fingerprint density at radius 1 is 1.35 bits per heavy atom. The van der Waals surface area contributed by atoms with Crippen molar-refractivity contribution in [2.45, 2.75) is 43.9 Å². The zero-order valence-corrected chi connectivity index (χ0v) is 10.9. The first-order chi connectivity index (χ1) is 9.60. The molecule has 2 aliphatic heterocycles. The van der Waals surface area contributed by atoms with Gasteiger partial charge in [-0.3, -0.25) is 10.1 Å². The lowest BCUT2D eigenvalue weighted by atomic mass is 9.98. The molecule has 2 bridgehead atoms. The van der Waals surface area contributed by atoms with Gasteiger partial charge in [-0.1, -0.05) is 0 Å². The number of anilines is 1. The maximum atomic E-state index is 10.9. The summed E-state index contributed by atoms with van der Waals surface area (Å²) in [6.45, 7) is 0. The van der Waals surface area contributed by atoms with E-state index in [-0.39, 0.29) is 29.4 Å². The number of rotatable bonds is 2. The van der Waals surface area contributed by atoms with Crippen molar-refractivity contribution in [2.24, 2.45) is 0 Å². The first-order valence-electron chi connectivity index (χ1n) is 6.75. The number of nitro benzene ring substituents is 1. The third-order valence-electron chi connectivity index (χ3n) is 4.30. The normalized spacial score (nSPS) is 28.2. The van der Waals surface area contributed by atoms with Crippen molar-refractivity contribution >= 4 is 11.4 Å². The maximum Gasteiger partial charge on any atom is 0.287 e. The lowest BCUT2D eigenvalue weighted by Crippen LogP contribution is -2.44. The van der Waals surface area contributed by atoms with Gasteiger partial charge in [0.1, 0.15) is 11.6 Å². The molecule has 2 heterocycles. The van der Waals surface area contributed by atoms with Crippen LogP contribution in [0.3, 0.4) is 0 Å². The molecule has 2 fully saturated rings. The van der Waals surface area contributed by atoms with Gasteiger partial charge in [-0.25, -0.2) is 0 Å². The van der Waals surface area contributed by atoms with Crippen molar-refractivity contribution in [3.05, 3.63) is 33.9 Å². The molecule has 2 atom stereocenters. The number of benzene rings is 1. The Kier molecular flexibility index (Phi) is 3.07. The van der Waals surface area contributed by atoms with E-state index in [1.165, 1.54) is 6.07 Å². The summed E-state index contributed by atoms with van der Waals surface area (Å²) >= 11 is 0. The summed E-state index contributed by atoms with van der Waals surface area (Å²) in [4.78, 5) is 12.5. The topological polar surface area (TPSA) is 90.4 Å². The van der Waals surface area contributed by atoms with Crippen LogP contribution < -0.4 is 4.90 Å². The van der Waals surface area contributed by atoms with Crippen molar-refractivity contribution in [3.8, 4) is 6.07 Å². The molecule has 0 radical (unpaired) electrons. The number of hydrogen-bond donors (Lipinski definition) is 1. The van der Waals surface area contributed by atoms with Crippen LogP contribution in [0.15, 0.2) is 18.2 Å². The highest BCUT2D eigenvalue weighted by atomic mass is 16.6. The number of aliphatic hydroxyl groups is 1. The van der Waals surface area contributed by atoms with Gasteiger partial charge in [0.25, 0.3) is 5.69 Å². The average molecular weight is 273 g/mol. The van der Waals surface area contributed by atoms with E-state index in [1.54, 1.807) is 12.1 Å². The summed E-state index contributed by atoms with van der Waals surface area (Å²) in [6, 6.07) is 7.16. The average Bonchev–Trinajstić information content (AvgIpc) is 2.70. The Labute approximate surface area is 116 Å². The van der Waals surface area contributed by atoms with Crippen LogP contribution in [0.2, 0.25) is 0 Å². The van der Waals surface area contributed by atoms with Gasteiger partial charge in [-0.15, -0.1) is 0 Å². The van der Waals surface area contributed by atoms with Crippen LogP contribution in [-0.2, 0) is 0 Å². The van der Waals surface area contributed by atoms with Crippen LogP contribution in [-0.4, -0.2) is 28.2 Å². The second kappa shape index (κ2) is 4.76. The molecular formula is C14H15N3O3. The molecule has 0 spiro atoms. The fourth-order valence-electron chi connectivity index (χ4n) is 3.50. The molecule has 2 unspecified atom stereocenters. The largest absolute Gasteiger partial charge is 0.393 e. The molecular weight excluding hydrogens is 258 g/mol. The van der Waals surface area contributed by atoms with E-state index in [2.05, 4.69) is 4.90 Å². The second-order valence-electron chi connectivity index (χ2n) is 5.49. The van der Waals surface area contributed by atoms with Crippen molar-refractivity contribution < 1.29 is 10.0 Å². The maximum absolute atomic E-state index is 10.9. The van der Waals surface area contributed by atoms with Gasteiger partial charge in [0.05, 0.1) is 11.0 Å². The minimum absolute atomic E-state index is 0.0954. The molecule has 3 rings (SSSR count). The van der Waals surface area contributed by atoms with Crippen molar-refractivity contribution in [1.82, 2.24) is 0 Å². The summed E-state index contributed by atoms with van der Waals surface area (Å²) in [5, 5.41) is 29.7. The third kappa shape index (κ3) is 2.00. The summed E-state index contributed by atoms with van der Waals surface area (Å²) in [7, 11) is 0. The lowest BCUT2D eigenvalue weighted by Gasteiger charge is -2.39. The molecule has 104 valence electrons. The van der Waals surface area contributed by atoms with Crippen LogP contribution in [0.25, 0.3) is 0 Å². The van der Waals surface area contributed by atoms with Gasteiger partial charge in [0, 0.05) is 23.8 Å². The zero-order valence-electron chi connectivity index (χ0n) is 10.9. The van der Waals surface area contributed by atoms with E-state index in [9.17, 15) is 15.2 Å². The fraction of sp³-hybridized carbons (Fsp3) is 0.500. The van der Waals surface area contributed by atoms with E-state index in [1.807, 2.05) is 6.07 Å². The molecule has 1 N–H and O–H groups in total. The first-order valence-corrected chi connectivity index (χ1v) is 6.75. The lowest BCUT2D eigenvalue weighted by molar-refractivity contribution is -0.385. The molecule has 0 amide bonds. The molecule has 6 nitrogen and oxygen atoms in total. The quantitative estimate of drug-likeness (QED) is 0.657. The number of hydrogen-bond acceptors (Lipinski definition) is 5. The van der Waals surface area contributed by atoms with Crippen molar-refractivity contribution in [1.29, 1.82) is 5.26 Å². The SMILES string of the molecule is N#Cc1cc(N2C3CCC2CC(O)C3)ccc1[N+](=O)[O-]. The third-order valence-corrected chi connectivity index (χ3v) is 4.30. The minimum Gasteiger partial charge on any atom is -0.393 e. The minimum atomic E-state index is -0.531. The van der Waals surface area contributed by atoms with Gasteiger partial charge in [0.2, 0.25) is 0 Å². The summed E-state index contributed by atoms with van der Waals surface area (Å²) < 4.78 is 0. The van der Waals surface area contributed by atoms with Crippen molar-refractivity contribution in [3.63, 3.8) is 0 Å². The molecule has 1 aromatic carbocycles. The highest BCUT2D eigenvalue weighted by Crippen LogP contribution is 2.40. The molecule has 0 aromatic heterocycles. The zero-order chi connectivity index (χ0) is 14.3. The van der Waals surface area contributed by atoms with Gasteiger partial charge >= 0.3 is 0 Å². The second-order valence-corrected chi connectivity index (χ2v) is 5.49. The number of nitro groups is 1. The molecule has 0 saturated carbocycles. The highest BCUT2D eigenvalue weighted by molar-refractivity contribution is 5.61. The Bertz CT molecular complexity index is 582. The van der Waals surface area contributed by atoms with Gasteiger partial charge in [0.15, 0.2) is 0 Å². The summed E-state index contributed by atoms with van der Waals surface area (Å²) in [5.74, 6) is 0. The smallest absolute Gasteiger partial charge is 0.287 e. The predicted octanol–water partition coefficient (Wildman–Crippen LogP) is 1.96. The standard InChI is InChI=1S/C14H15N3O3/c15-8-9-5-10(3-4-14(9)17(19)20)16-11-1-2-12(16)7-13(18)6-11/h3-5,11-13,18H,1-2,6-7H2. The monoisotopic (exact) mass is 273 g/mol. The highest BCUT2D eigenvalue weighted by Gasteiger charge is 2.40. The Hall–Kier alpha value is -2.13. The molecule has 6 heteroatoms. The van der Waals surface area contributed by atoms with E-state index in [4.69, 9.17) is 5.26 Å². The Morgan fingerprint density at radius 2 is 2.00 bits per heavy atom. The summed E-state index contributed by atoms with van der Waals surface area (Å²) in [5.41, 5.74) is 0.796. The fourth-order valence-corrected chi connectivity index (χ4v) is 3.50. The Morgan fingerprint density at radius 3 is 2.55 bits per heavy atom. The molecule has 2 saturated heterocycles. The van der Waals surface area contributed by atoms with Crippen LogP contribution in [0.5, 0.6) is 0 Å². The number of aliphatic hydroxyl groups excluding tert-OH is 1. The number of fused-ring (bicyclic) bond motifs is 2. The number of piperidine rings is 1.